The molecule has 0 bridgehead atoms. The van der Waals surface area contributed by atoms with Gasteiger partial charge in [0.1, 0.15) is 29.0 Å². The lowest BCUT2D eigenvalue weighted by Crippen LogP contribution is -2.43. The fourth-order valence-corrected chi connectivity index (χ4v) is 2.77. The van der Waals surface area contributed by atoms with Gasteiger partial charge in [-0.25, -0.2) is 8.78 Å². The highest BCUT2D eigenvalue weighted by Crippen LogP contribution is 2.35. The van der Waals surface area contributed by atoms with E-state index in [2.05, 4.69) is 11.4 Å². The summed E-state index contributed by atoms with van der Waals surface area (Å²) < 4.78 is 31.9. The lowest BCUT2D eigenvalue weighted by Gasteiger charge is -2.22. The molecule has 106 valence electrons. The predicted molar refractivity (Wildman–Crippen MR) is 69.1 cm³/mol. The zero-order chi connectivity index (χ0) is 14.2. The van der Waals surface area contributed by atoms with Gasteiger partial charge in [-0.05, 0) is 25.7 Å². The molecule has 2 aliphatic carbocycles. The van der Waals surface area contributed by atoms with E-state index in [1.54, 1.807) is 0 Å². The number of benzene rings is 1. The van der Waals surface area contributed by atoms with Gasteiger partial charge in [0.15, 0.2) is 0 Å². The standard InChI is InChI=1S/C15H16F2N2O/c16-10-5-11(17)7-14(6-10)20-13-3-4-15(8-13,9-18)19-12-1-2-12/h5-7,12-13,19H,1-4,8H2. The van der Waals surface area contributed by atoms with E-state index in [0.717, 1.165) is 18.9 Å². The number of ether oxygens (including phenoxy) is 1. The van der Waals surface area contributed by atoms with Crippen molar-refractivity contribution in [1.29, 1.82) is 5.26 Å². The Bertz CT molecular complexity index is 533. The van der Waals surface area contributed by atoms with Gasteiger partial charge in [-0.3, -0.25) is 5.32 Å². The lowest BCUT2D eigenvalue weighted by molar-refractivity contribution is 0.199. The summed E-state index contributed by atoms with van der Waals surface area (Å²) in [5.74, 6) is -1.12. The summed E-state index contributed by atoms with van der Waals surface area (Å²) in [7, 11) is 0. The predicted octanol–water partition coefficient (Wildman–Crippen LogP) is 2.91. The Balaban J connectivity index is 1.66. The fourth-order valence-electron chi connectivity index (χ4n) is 2.77. The van der Waals surface area contributed by atoms with Gasteiger partial charge in [0.25, 0.3) is 0 Å². The zero-order valence-electron chi connectivity index (χ0n) is 11.0. The van der Waals surface area contributed by atoms with E-state index in [1.807, 2.05) is 0 Å². The van der Waals surface area contributed by atoms with E-state index in [0.29, 0.717) is 25.3 Å². The third kappa shape index (κ3) is 2.91. The second kappa shape index (κ2) is 5.02. The van der Waals surface area contributed by atoms with Crippen LogP contribution in [0.2, 0.25) is 0 Å². The molecule has 2 fully saturated rings. The molecule has 0 radical (unpaired) electrons. The molecule has 0 aromatic heterocycles. The van der Waals surface area contributed by atoms with E-state index < -0.39 is 17.2 Å². The second-order valence-electron chi connectivity index (χ2n) is 5.70. The van der Waals surface area contributed by atoms with Crippen molar-refractivity contribution in [2.24, 2.45) is 0 Å². The molecule has 1 aromatic carbocycles. The molecule has 5 heteroatoms. The maximum absolute atomic E-state index is 13.1. The van der Waals surface area contributed by atoms with Crippen LogP contribution in [0.5, 0.6) is 5.75 Å². The number of rotatable bonds is 4. The molecule has 2 atom stereocenters. The van der Waals surface area contributed by atoms with Crippen LogP contribution in [-0.4, -0.2) is 17.7 Å². The van der Waals surface area contributed by atoms with Gasteiger partial charge in [-0.1, -0.05) is 0 Å². The van der Waals surface area contributed by atoms with Crippen LogP contribution in [0.15, 0.2) is 18.2 Å². The Hall–Kier alpha value is -1.67. The highest BCUT2D eigenvalue weighted by molar-refractivity contribution is 5.25. The number of nitrogens with zero attached hydrogens (tertiary/aromatic N) is 1. The summed E-state index contributed by atoms with van der Waals surface area (Å²) in [6, 6.07) is 5.95. The molecule has 1 aromatic rings. The Morgan fingerprint density at radius 3 is 2.50 bits per heavy atom. The highest BCUT2D eigenvalue weighted by Gasteiger charge is 2.43. The number of nitriles is 1. The van der Waals surface area contributed by atoms with Crippen LogP contribution >= 0.6 is 0 Å². The molecule has 0 aliphatic heterocycles. The maximum Gasteiger partial charge on any atom is 0.129 e. The molecule has 3 nitrogen and oxygen atoms in total. The van der Waals surface area contributed by atoms with Crippen molar-refractivity contribution in [3.8, 4) is 11.8 Å². The summed E-state index contributed by atoms with van der Waals surface area (Å²) in [5, 5.41) is 12.7. The summed E-state index contributed by atoms with van der Waals surface area (Å²) in [4.78, 5) is 0. The summed E-state index contributed by atoms with van der Waals surface area (Å²) in [6.07, 6.45) is 4.03. The minimum absolute atomic E-state index is 0.179. The molecule has 3 rings (SSSR count). The van der Waals surface area contributed by atoms with Gasteiger partial charge in [-0.2, -0.15) is 5.26 Å². The van der Waals surface area contributed by atoms with Crippen molar-refractivity contribution in [2.45, 2.75) is 49.8 Å². The largest absolute Gasteiger partial charge is 0.490 e. The van der Waals surface area contributed by atoms with E-state index in [9.17, 15) is 14.0 Å². The normalized spacial score (nSPS) is 29.1. The van der Waals surface area contributed by atoms with Crippen LogP contribution in [0.4, 0.5) is 8.78 Å². The highest BCUT2D eigenvalue weighted by atomic mass is 19.1. The molecule has 2 saturated carbocycles. The first kappa shape index (κ1) is 13.3. The Morgan fingerprint density at radius 2 is 1.90 bits per heavy atom. The molecule has 2 unspecified atom stereocenters. The zero-order valence-corrected chi connectivity index (χ0v) is 11.0. The van der Waals surface area contributed by atoms with Crippen LogP contribution in [0.1, 0.15) is 32.1 Å². The molecule has 0 amide bonds. The molecule has 0 spiro atoms. The van der Waals surface area contributed by atoms with Crippen molar-refractivity contribution in [2.75, 3.05) is 0 Å². The SMILES string of the molecule is N#CC1(NC2CC2)CCC(Oc2cc(F)cc(F)c2)C1. The third-order valence-electron chi connectivity index (χ3n) is 3.88. The third-order valence-corrected chi connectivity index (χ3v) is 3.88. The smallest absolute Gasteiger partial charge is 0.129 e. The number of hydrogen-bond donors (Lipinski definition) is 1. The Labute approximate surface area is 116 Å². The van der Waals surface area contributed by atoms with Crippen molar-refractivity contribution < 1.29 is 13.5 Å². The monoisotopic (exact) mass is 278 g/mol. The summed E-state index contributed by atoms with van der Waals surface area (Å²) in [6.45, 7) is 0. The van der Waals surface area contributed by atoms with Gasteiger partial charge in [-0.15, -0.1) is 0 Å². The minimum atomic E-state index is -0.652. The van der Waals surface area contributed by atoms with E-state index in [4.69, 9.17) is 4.74 Å². The summed E-state index contributed by atoms with van der Waals surface area (Å²) in [5.41, 5.74) is -0.544. The average Bonchev–Trinajstić information content (AvgIpc) is 3.09. The molecule has 0 saturated heterocycles. The first-order valence-electron chi connectivity index (χ1n) is 6.90. The van der Waals surface area contributed by atoms with Crippen molar-refractivity contribution >= 4 is 0 Å². The van der Waals surface area contributed by atoms with Gasteiger partial charge < -0.3 is 4.74 Å². The van der Waals surface area contributed by atoms with E-state index in [1.165, 1.54) is 12.1 Å². The topological polar surface area (TPSA) is 45.0 Å². The summed E-state index contributed by atoms with van der Waals surface area (Å²) >= 11 is 0. The fraction of sp³-hybridized carbons (Fsp3) is 0.533. The maximum atomic E-state index is 13.1. The van der Waals surface area contributed by atoms with Gasteiger partial charge in [0, 0.05) is 30.7 Å². The number of hydrogen-bond acceptors (Lipinski definition) is 3. The molecular formula is C15H16F2N2O. The minimum Gasteiger partial charge on any atom is -0.490 e. The average molecular weight is 278 g/mol. The first-order chi connectivity index (χ1) is 9.58. The Morgan fingerprint density at radius 1 is 1.20 bits per heavy atom. The van der Waals surface area contributed by atoms with Crippen molar-refractivity contribution in [3.63, 3.8) is 0 Å². The molecule has 2 aliphatic rings. The Kier molecular flexibility index (Phi) is 3.35. The van der Waals surface area contributed by atoms with Crippen molar-refractivity contribution in [1.82, 2.24) is 5.32 Å². The van der Waals surface area contributed by atoms with Crippen molar-refractivity contribution in [3.05, 3.63) is 29.8 Å². The lowest BCUT2D eigenvalue weighted by atomic mass is 9.99. The number of halogens is 2. The van der Waals surface area contributed by atoms with Gasteiger partial charge in [0.2, 0.25) is 0 Å². The van der Waals surface area contributed by atoms with Crippen LogP contribution in [0.25, 0.3) is 0 Å². The number of nitrogens with one attached hydrogen (secondary N) is 1. The molecular weight excluding hydrogens is 262 g/mol. The van der Waals surface area contributed by atoms with E-state index in [-0.39, 0.29) is 11.9 Å². The molecule has 0 heterocycles. The van der Waals surface area contributed by atoms with Crippen LogP contribution in [0, 0.1) is 23.0 Å². The molecule has 20 heavy (non-hydrogen) atoms. The van der Waals surface area contributed by atoms with E-state index >= 15 is 0 Å². The second-order valence-corrected chi connectivity index (χ2v) is 5.70. The first-order valence-corrected chi connectivity index (χ1v) is 6.90. The van der Waals surface area contributed by atoms with Gasteiger partial charge in [0.05, 0.1) is 6.07 Å². The molecule has 1 N–H and O–H groups in total. The van der Waals surface area contributed by atoms with Crippen LogP contribution in [0.3, 0.4) is 0 Å². The van der Waals surface area contributed by atoms with Crippen LogP contribution < -0.4 is 10.1 Å². The quantitative estimate of drug-likeness (QED) is 0.921. The van der Waals surface area contributed by atoms with Crippen LogP contribution in [-0.2, 0) is 0 Å². The van der Waals surface area contributed by atoms with Gasteiger partial charge >= 0.3 is 0 Å².